The lowest BCUT2D eigenvalue weighted by molar-refractivity contribution is 0.163. The molecule has 0 heterocycles. The van der Waals surface area contributed by atoms with Crippen molar-refractivity contribution in [1.82, 2.24) is 9.80 Å². The summed E-state index contributed by atoms with van der Waals surface area (Å²) in [6, 6.07) is 9.07. The molecular formula is C18H33N3. The Hall–Kier alpha value is -0.900. The van der Waals surface area contributed by atoms with E-state index in [0.29, 0.717) is 18.5 Å². The highest BCUT2D eigenvalue weighted by Gasteiger charge is 2.21. The lowest BCUT2D eigenvalue weighted by atomic mass is 9.96. The molecule has 1 aromatic carbocycles. The van der Waals surface area contributed by atoms with Gasteiger partial charge in [0.05, 0.1) is 0 Å². The van der Waals surface area contributed by atoms with Gasteiger partial charge in [-0.2, -0.15) is 0 Å². The van der Waals surface area contributed by atoms with Gasteiger partial charge in [0.2, 0.25) is 0 Å². The number of hydrogen-bond acceptors (Lipinski definition) is 3. The van der Waals surface area contributed by atoms with E-state index in [1.54, 1.807) is 0 Å². The number of benzene rings is 1. The number of likely N-dealkylation sites (N-methyl/N-ethyl adjacent to an activating group) is 1. The predicted molar refractivity (Wildman–Crippen MR) is 92.6 cm³/mol. The second kappa shape index (κ2) is 9.19. The van der Waals surface area contributed by atoms with Gasteiger partial charge in [0.15, 0.2) is 0 Å². The summed E-state index contributed by atoms with van der Waals surface area (Å²) in [5, 5.41) is 0. The molecule has 1 rings (SSSR count). The van der Waals surface area contributed by atoms with Crippen molar-refractivity contribution in [1.29, 1.82) is 0 Å². The maximum atomic E-state index is 6.16. The summed E-state index contributed by atoms with van der Waals surface area (Å²) in [5.74, 6) is 0.648. The summed E-state index contributed by atoms with van der Waals surface area (Å²) in [6.45, 7) is 10.7. The van der Waals surface area contributed by atoms with Crippen molar-refractivity contribution in [2.24, 2.45) is 11.7 Å². The van der Waals surface area contributed by atoms with Crippen molar-refractivity contribution in [2.45, 2.75) is 33.2 Å². The third kappa shape index (κ3) is 5.77. The highest BCUT2D eigenvalue weighted by Crippen LogP contribution is 2.24. The van der Waals surface area contributed by atoms with E-state index in [4.69, 9.17) is 5.73 Å². The van der Waals surface area contributed by atoms with Gasteiger partial charge in [-0.1, -0.05) is 45.0 Å². The van der Waals surface area contributed by atoms with Crippen molar-refractivity contribution in [3.63, 3.8) is 0 Å². The summed E-state index contributed by atoms with van der Waals surface area (Å²) in [7, 11) is 4.26. The molecule has 1 atom stereocenters. The average molecular weight is 291 g/mol. The molecule has 0 aromatic heterocycles. The molecule has 0 fully saturated rings. The van der Waals surface area contributed by atoms with E-state index in [1.165, 1.54) is 11.1 Å². The summed E-state index contributed by atoms with van der Waals surface area (Å²) in [6.07, 6.45) is 1.07. The van der Waals surface area contributed by atoms with E-state index in [0.717, 1.165) is 26.1 Å². The zero-order valence-electron chi connectivity index (χ0n) is 14.5. The van der Waals surface area contributed by atoms with Crippen LogP contribution in [0.2, 0.25) is 0 Å². The minimum atomic E-state index is 0.323. The molecule has 1 aromatic rings. The first-order valence-electron chi connectivity index (χ1n) is 8.16. The number of hydrogen-bond donors (Lipinski definition) is 1. The Morgan fingerprint density at radius 1 is 1.10 bits per heavy atom. The number of nitrogens with two attached hydrogens (primary N) is 1. The SMILES string of the molecule is CCc1ccccc1C(CN)N(CCN(C)C)CC(C)C. The fourth-order valence-electron chi connectivity index (χ4n) is 2.83. The molecule has 0 aliphatic heterocycles. The minimum Gasteiger partial charge on any atom is -0.329 e. The minimum absolute atomic E-state index is 0.323. The summed E-state index contributed by atoms with van der Waals surface area (Å²) in [4.78, 5) is 4.80. The fourth-order valence-corrected chi connectivity index (χ4v) is 2.83. The molecular weight excluding hydrogens is 258 g/mol. The zero-order chi connectivity index (χ0) is 15.8. The predicted octanol–water partition coefficient (Wildman–Crippen LogP) is 2.77. The van der Waals surface area contributed by atoms with Gasteiger partial charge in [-0.25, -0.2) is 0 Å². The Kier molecular flexibility index (Phi) is 7.94. The van der Waals surface area contributed by atoms with E-state index >= 15 is 0 Å². The topological polar surface area (TPSA) is 32.5 Å². The maximum Gasteiger partial charge on any atom is 0.0473 e. The van der Waals surface area contributed by atoms with Crippen molar-refractivity contribution in [3.05, 3.63) is 35.4 Å². The smallest absolute Gasteiger partial charge is 0.0473 e. The molecule has 0 saturated carbocycles. The molecule has 21 heavy (non-hydrogen) atoms. The molecule has 0 amide bonds. The zero-order valence-corrected chi connectivity index (χ0v) is 14.5. The maximum absolute atomic E-state index is 6.16. The monoisotopic (exact) mass is 291 g/mol. The molecule has 0 aliphatic rings. The van der Waals surface area contributed by atoms with Gasteiger partial charge in [0, 0.05) is 32.2 Å². The van der Waals surface area contributed by atoms with Crippen LogP contribution in [0.5, 0.6) is 0 Å². The summed E-state index contributed by atoms with van der Waals surface area (Å²) >= 11 is 0. The van der Waals surface area contributed by atoms with Crippen molar-refractivity contribution >= 4 is 0 Å². The lowest BCUT2D eigenvalue weighted by Crippen LogP contribution is -2.40. The molecule has 0 bridgehead atoms. The Labute approximate surface area is 131 Å². The summed E-state index contributed by atoms with van der Waals surface area (Å²) in [5.41, 5.74) is 8.98. The Morgan fingerprint density at radius 2 is 1.76 bits per heavy atom. The standard InChI is InChI=1S/C18H33N3/c1-6-16-9-7-8-10-17(16)18(13-19)21(14-15(2)3)12-11-20(4)5/h7-10,15,18H,6,11-14,19H2,1-5H3. The van der Waals surface area contributed by atoms with E-state index in [1.807, 2.05) is 0 Å². The van der Waals surface area contributed by atoms with Gasteiger partial charge in [-0.3, -0.25) is 4.90 Å². The largest absolute Gasteiger partial charge is 0.329 e. The van der Waals surface area contributed by atoms with Gasteiger partial charge in [0.25, 0.3) is 0 Å². The molecule has 3 nitrogen and oxygen atoms in total. The quantitative estimate of drug-likeness (QED) is 0.759. The van der Waals surface area contributed by atoms with Crippen LogP contribution in [0.4, 0.5) is 0 Å². The van der Waals surface area contributed by atoms with E-state index in [2.05, 4.69) is 68.9 Å². The molecule has 1 unspecified atom stereocenters. The molecule has 2 N–H and O–H groups in total. The third-order valence-electron chi connectivity index (χ3n) is 3.89. The van der Waals surface area contributed by atoms with Crippen LogP contribution in [0.25, 0.3) is 0 Å². The molecule has 3 heteroatoms. The molecule has 0 spiro atoms. The van der Waals surface area contributed by atoms with E-state index in [-0.39, 0.29) is 0 Å². The van der Waals surface area contributed by atoms with E-state index < -0.39 is 0 Å². The fraction of sp³-hybridized carbons (Fsp3) is 0.667. The van der Waals surface area contributed by atoms with Crippen LogP contribution in [-0.2, 0) is 6.42 Å². The van der Waals surface area contributed by atoms with Gasteiger partial charge < -0.3 is 10.6 Å². The number of rotatable bonds is 9. The normalized spacial score (nSPS) is 13.4. The van der Waals surface area contributed by atoms with Crippen LogP contribution in [0.1, 0.15) is 37.9 Å². The highest BCUT2D eigenvalue weighted by molar-refractivity contribution is 5.30. The summed E-state index contributed by atoms with van der Waals surface area (Å²) < 4.78 is 0. The first-order valence-corrected chi connectivity index (χ1v) is 8.16. The Bertz CT molecular complexity index is 401. The first kappa shape index (κ1) is 18.1. The second-order valence-electron chi connectivity index (χ2n) is 6.50. The van der Waals surface area contributed by atoms with Crippen molar-refractivity contribution in [2.75, 3.05) is 40.3 Å². The molecule has 0 aliphatic carbocycles. The van der Waals surface area contributed by atoms with Crippen LogP contribution >= 0.6 is 0 Å². The number of aryl methyl sites for hydroxylation is 1. The molecule has 0 saturated heterocycles. The van der Waals surface area contributed by atoms with Crippen molar-refractivity contribution < 1.29 is 0 Å². The highest BCUT2D eigenvalue weighted by atomic mass is 15.2. The van der Waals surface area contributed by atoms with Crippen LogP contribution in [0, 0.1) is 5.92 Å². The van der Waals surface area contributed by atoms with Gasteiger partial charge in [0.1, 0.15) is 0 Å². The van der Waals surface area contributed by atoms with E-state index in [9.17, 15) is 0 Å². The molecule has 0 radical (unpaired) electrons. The van der Waals surface area contributed by atoms with Crippen molar-refractivity contribution in [3.8, 4) is 0 Å². The lowest BCUT2D eigenvalue weighted by Gasteiger charge is -2.34. The van der Waals surface area contributed by atoms with Crippen LogP contribution in [0.15, 0.2) is 24.3 Å². The van der Waals surface area contributed by atoms with Crippen LogP contribution in [-0.4, -0.2) is 50.1 Å². The van der Waals surface area contributed by atoms with Gasteiger partial charge in [-0.15, -0.1) is 0 Å². The Balaban J connectivity index is 2.98. The van der Waals surface area contributed by atoms with Crippen LogP contribution in [0.3, 0.4) is 0 Å². The van der Waals surface area contributed by atoms with Gasteiger partial charge >= 0.3 is 0 Å². The Morgan fingerprint density at radius 3 is 2.29 bits per heavy atom. The van der Waals surface area contributed by atoms with Crippen LogP contribution < -0.4 is 5.73 Å². The molecule has 120 valence electrons. The third-order valence-corrected chi connectivity index (χ3v) is 3.89. The van der Waals surface area contributed by atoms with Gasteiger partial charge in [-0.05, 0) is 37.6 Å². The first-order chi connectivity index (χ1) is 9.99. The number of nitrogens with zero attached hydrogens (tertiary/aromatic N) is 2. The average Bonchev–Trinajstić information content (AvgIpc) is 2.45. The second-order valence-corrected chi connectivity index (χ2v) is 6.50.